The minimum atomic E-state index is 0. The second-order valence-corrected chi connectivity index (χ2v) is 5.96. The summed E-state index contributed by atoms with van der Waals surface area (Å²) in [5, 5.41) is 0. The first kappa shape index (κ1) is 14.0. The number of rotatable bonds is 5. The van der Waals surface area contributed by atoms with Crippen molar-refractivity contribution in [3.05, 3.63) is 0 Å². The Morgan fingerprint density at radius 1 is 1.18 bits per heavy atom. The molecular formula is C10H25P. The second-order valence-electron chi connectivity index (χ2n) is 3.12. The fourth-order valence-electron chi connectivity index (χ4n) is 1.21. The predicted molar refractivity (Wildman–Crippen MR) is 59.1 cm³/mol. The van der Waals surface area contributed by atoms with E-state index in [2.05, 4.69) is 27.4 Å². The summed E-state index contributed by atoms with van der Waals surface area (Å²) in [5.41, 5.74) is 1.000. The van der Waals surface area contributed by atoms with Crippen molar-refractivity contribution in [3.63, 3.8) is 0 Å². The van der Waals surface area contributed by atoms with E-state index >= 15 is 0 Å². The highest BCUT2D eigenvalue weighted by Gasteiger charge is 2.08. The van der Waals surface area contributed by atoms with Crippen LogP contribution in [0.4, 0.5) is 0 Å². The molecule has 0 fully saturated rings. The zero-order valence-electron chi connectivity index (χ0n) is 7.85. The van der Waals surface area contributed by atoms with Gasteiger partial charge in [-0.25, -0.2) is 0 Å². The molecular weight excluding hydrogens is 151 g/mol. The summed E-state index contributed by atoms with van der Waals surface area (Å²) in [6.07, 6.45) is 5.63. The van der Waals surface area contributed by atoms with Crippen LogP contribution in [-0.4, -0.2) is 18.5 Å². The van der Waals surface area contributed by atoms with Gasteiger partial charge in [0, 0.05) is 0 Å². The first-order valence-electron chi connectivity index (χ1n) is 4.42. The van der Waals surface area contributed by atoms with Crippen LogP contribution in [0, 0.1) is 0 Å². The van der Waals surface area contributed by atoms with E-state index in [1.54, 1.807) is 0 Å². The molecule has 11 heavy (non-hydrogen) atoms. The van der Waals surface area contributed by atoms with Crippen molar-refractivity contribution >= 4 is 7.92 Å². The summed E-state index contributed by atoms with van der Waals surface area (Å²) in [5.74, 6) is 0. The molecule has 0 bridgehead atoms. The quantitative estimate of drug-likeness (QED) is 0.547. The van der Waals surface area contributed by atoms with Crippen molar-refractivity contribution in [2.24, 2.45) is 0 Å². The maximum atomic E-state index is 2.44. The van der Waals surface area contributed by atoms with E-state index in [1.807, 2.05) is 0 Å². The van der Waals surface area contributed by atoms with Gasteiger partial charge in [-0.2, -0.15) is 0 Å². The van der Waals surface area contributed by atoms with Gasteiger partial charge in [0.2, 0.25) is 0 Å². The largest absolute Gasteiger partial charge is 0.107 e. The monoisotopic (exact) mass is 176 g/mol. The normalized spacial score (nSPS) is 15.3. The molecule has 70 valence electrons. The van der Waals surface area contributed by atoms with Gasteiger partial charge < -0.3 is 0 Å². The molecule has 0 aromatic carbocycles. The molecule has 0 heterocycles. The van der Waals surface area contributed by atoms with E-state index in [1.165, 1.54) is 25.4 Å². The molecule has 0 saturated carbocycles. The third-order valence-electron chi connectivity index (χ3n) is 2.04. The van der Waals surface area contributed by atoms with Crippen molar-refractivity contribution in [2.45, 2.75) is 53.1 Å². The van der Waals surface area contributed by atoms with Gasteiger partial charge >= 0.3 is 0 Å². The Hall–Kier alpha value is 0.430. The van der Waals surface area contributed by atoms with Gasteiger partial charge in [0.25, 0.3) is 0 Å². The van der Waals surface area contributed by atoms with E-state index in [0.717, 1.165) is 5.66 Å². The third-order valence-corrected chi connectivity index (χ3v) is 4.95. The molecule has 1 heteroatoms. The summed E-state index contributed by atoms with van der Waals surface area (Å²) < 4.78 is 0. The Bertz CT molecular complexity index is 61.3. The smallest absolute Gasteiger partial charge is 0.0240 e. The lowest BCUT2D eigenvalue weighted by molar-refractivity contribution is 0.776. The molecule has 0 N–H and O–H groups in total. The molecule has 0 aliphatic carbocycles. The first-order chi connectivity index (χ1) is 4.72. The third kappa shape index (κ3) is 6.81. The summed E-state index contributed by atoms with van der Waals surface area (Å²) in [6, 6.07) is 0. The van der Waals surface area contributed by atoms with E-state index in [-0.39, 0.29) is 7.43 Å². The molecule has 0 aromatic rings. The molecule has 0 aromatic heterocycles. The van der Waals surface area contributed by atoms with Crippen LogP contribution >= 0.6 is 7.92 Å². The van der Waals surface area contributed by atoms with E-state index < -0.39 is 0 Å². The van der Waals surface area contributed by atoms with Gasteiger partial charge in [0.05, 0.1) is 0 Å². The Kier molecular flexibility index (Phi) is 10.8. The van der Waals surface area contributed by atoms with Crippen molar-refractivity contribution in [2.75, 3.05) is 12.8 Å². The minimum Gasteiger partial charge on any atom is -0.107 e. The van der Waals surface area contributed by atoms with Crippen LogP contribution in [-0.2, 0) is 0 Å². The highest BCUT2D eigenvalue weighted by atomic mass is 31.1. The average molecular weight is 176 g/mol. The molecule has 0 aliphatic rings. The predicted octanol–water partition coefficient (Wildman–Crippen LogP) is 4.33. The highest BCUT2D eigenvalue weighted by molar-refractivity contribution is 7.57. The van der Waals surface area contributed by atoms with E-state index in [0.29, 0.717) is 7.92 Å². The van der Waals surface area contributed by atoms with Crippen LogP contribution in [0.25, 0.3) is 0 Å². The Morgan fingerprint density at radius 2 is 1.73 bits per heavy atom. The topological polar surface area (TPSA) is 0 Å². The van der Waals surface area contributed by atoms with E-state index in [9.17, 15) is 0 Å². The van der Waals surface area contributed by atoms with Gasteiger partial charge in [0.15, 0.2) is 0 Å². The fourth-order valence-corrected chi connectivity index (χ4v) is 3.06. The summed E-state index contributed by atoms with van der Waals surface area (Å²) in [6.45, 7) is 9.42. The minimum absolute atomic E-state index is 0. The van der Waals surface area contributed by atoms with Crippen molar-refractivity contribution in [1.82, 2.24) is 0 Å². The SMILES string of the molecule is C.CCCC(C)P(C)CCC. The molecule has 0 nitrogen and oxygen atoms in total. The van der Waals surface area contributed by atoms with Crippen LogP contribution in [0.1, 0.15) is 47.5 Å². The van der Waals surface area contributed by atoms with Crippen LogP contribution in [0.3, 0.4) is 0 Å². The molecule has 0 radical (unpaired) electrons. The van der Waals surface area contributed by atoms with Crippen LogP contribution < -0.4 is 0 Å². The van der Waals surface area contributed by atoms with Gasteiger partial charge in [-0.15, -0.1) is 7.92 Å². The van der Waals surface area contributed by atoms with Crippen molar-refractivity contribution < 1.29 is 0 Å². The molecule has 2 unspecified atom stereocenters. The molecule has 0 amide bonds. The van der Waals surface area contributed by atoms with Gasteiger partial charge in [-0.3, -0.25) is 0 Å². The molecule has 0 aliphatic heterocycles. The van der Waals surface area contributed by atoms with Crippen LogP contribution in [0.2, 0.25) is 0 Å². The lowest BCUT2D eigenvalue weighted by Crippen LogP contribution is -2.00. The summed E-state index contributed by atoms with van der Waals surface area (Å²) >= 11 is 0. The number of hydrogen-bond donors (Lipinski definition) is 0. The second kappa shape index (κ2) is 8.53. The van der Waals surface area contributed by atoms with Gasteiger partial charge in [-0.1, -0.05) is 41.0 Å². The zero-order chi connectivity index (χ0) is 7.98. The first-order valence-corrected chi connectivity index (χ1v) is 6.46. The lowest BCUT2D eigenvalue weighted by atomic mass is 10.3. The van der Waals surface area contributed by atoms with Gasteiger partial charge in [0.1, 0.15) is 0 Å². The van der Waals surface area contributed by atoms with E-state index in [4.69, 9.17) is 0 Å². The Morgan fingerprint density at radius 3 is 2.09 bits per heavy atom. The van der Waals surface area contributed by atoms with Crippen LogP contribution in [0.5, 0.6) is 0 Å². The molecule has 2 atom stereocenters. The number of hydrogen-bond acceptors (Lipinski definition) is 0. The Balaban J connectivity index is 0. The van der Waals surface area contributed by atoms with Crippen molar-refractivity contribution in [3.8, 4) is 0 Å². The molecule has 0 saturated heterocycles. The fraction of sp³-hybridized carbons (Fsp3) is 1.00. The standard InChI is InChI=1S/C9H21P.CH4/c1-5-7-9(3)10(4)8-6-2;/h9H,5-8H2,1-4H3;1H4. The highest BCUT2D eigenvalue weighted by Crippen LogP contribution is 2.39. The Labute approximate surface area is 74.5 Å². The summed E-state index contributed by atoms with van der Waals surface area (Å²) in [7, 11) is 0.352. The van der Waals surface area contributed by atoms with Crippen molar-refractivity contribution in [1.29, 1.82) is 0 Å². The van der Waals surface area contributed by atoms with Crippen LogP contribution in [0.15, 0.2) is 0 Å². The van der Waals surface area contributed by atoms with Gasteiger partial charge in [-0.05, 0) is 24.9 Å². The maximum absolute atomic E-state index is 2.44. The molecule has 0 rings (SSSR count). The lowest BCUT2D eigenvalue weighted by Gasteiger charge is -2.18. The molecule has 0 spiro atoms. The zero-order valence-corrected chi connectivity index (χ0v) is 8.75. The summed E-state index contributed by atoms with van der Waals surface area (Å²) in [4.78, 5) is 0. The average Bonchev–Trinajstić information content (AvgIpc) is 1.89. The maximum Gasteiger partial charge on any atom is -0.0240 e.